The van der Waals surface area contributed by atoms with Gasteiger partial charge in [-0.1, -0.05) is 40.7 Å². The van der Waals surface area contributed by atoms with E-state index in [1.54, 1.807) is 4.90 Å². The first-order chi connectivity index (χ1) is 18.9. The average Bonchev–Trinajstić information content (AvgIpc) is 3.30. The summed E-state index contributed by atoms with van der Waals surface area (Å²) in [5.74, 6) is -0.785. The molecule has 0 radical (unpaired) electrons. The standard InChI is InChI=1S/C34H53NO6/c1-18-12-13-21(23-11-10-14-35(23)30(40)41-31(4,5)6)22-16-32(7)17-33(8)15-19(2)24(20(3)36)28(38)34(33,9)29(39)26(32)27(37)25(18)22/h10,14,18-19,21-26,28-29,38-39H,11-13,15-17H2,1-9H3/t18?,19?,21?,22?,23?,24?,25?,26?,28?,29?,32-,33+,34-/m0/s1. The number of carbonyl (C=O) groups excluding carboxylic acids is 3. The van der Waals surface area contributed by atoms with Crippen LogP contribution in [-0.4, -0.2) is 56.6 Å². The van der Waals surface area contributed by atoms with Gasteiger partial charge in [0.15, 0.2) is 0 Å². The highest BCUT2D eigenvalue weighted by Crippen LogP contribution is 2.70. The van der Waals surface area contributed by atoms with Gasteiger partial charge in [0.05, 0.1) is 12.2 Å². The summed E-state index contributed by atoms with van der Waals surface area (Å²) in [5.41, 5.74) is -2.41. The van der Waals surface area contributed by atoms with Crippen LogP contribution in [0.1, 0.15) is 101 Å². The van der Waals surface area contributed by atoms with Crippen LogP contribution in [0.4, 0.5) is 4.79 Å². The Bertz CT molecular complexity index is 1130. The van der Waals surface area contributed by atoms with E-state index in [2.05, 4.69) is 20.8 Å². The van der Waals surface area contributed by atoms with E-state index < -0.39 is 45.9 Å². The number of nitrogens with zero attached hydrogens (tertiary/aromatic N) is 1. The number of fused-ring (bicyclic) bond motifs is 3. The van der Waals surface area contributed by atoms with Crippen LogP contribution in [-0.2, 0) is 14.3 Å². The predicted molar refractivity (Wildman–Crippen MR) is 157 cm³/mol. The van der Waals surface area contributed by atoms with E-state index >= 15 is 0 Å². The number of amides is 1. The molecule has 13 atom stereocenters. The molecular weight excluding hydrogens is 518 g/mol. The SMILES string of the molecule is CC(=O)C1C(C)C[C@]2(C)C[C@]3(C)CC4C(C5CC=CN5C(=O)OC(C)(C)C)CCC(C)C4C(=O)C3C(O)[C@]2(C)C1O. The zero-order valence-corrected chi connectivity index (χ0v) is 26.6. The van der Waals surface area contributed by atoms with Gasteiger partial charge in [-0.25, -0.2) is 4.79 Å². The number of aliphatic hydroxyl groups is 2. The molecule has 4 fully saturated rings. The zero-order chi connectivity index (χ0) is 30.4. The lowest BCUT2D eigenvalue weighted by Crippen LogP contribution is -2.72. The fourth-order valence-corrected chi connectivity index (χ4v) is 10.9. The minimum atomic E-state index is -1.02. The van der Waals surface area contributed by atoms with Crippen LogP contribution in [0.5, 0.6) is 0 Å². The molecule has 0 spiro atoms. The van der Waals surface area contributed by atoms with E-state index in [1.807, 2.05) is 46.9 Å². The van der Waals surface area contributed by atoms with Gasteiger partial charge >= 0.3 is 6.09 Å². The maximum atomic E-state index is 14.7. The Balaban J connectivity index is 1.50. The van der Waals surface area contributed by atoms with Crippen molar-refractivity contribution in [3.63, 3.8) is 0 Å². The normalized spacial score (nSPS) is 49.6. The molecule has 5 aliphatic rings. The molecule has 0 aromatic carbocycles. The van der Waals surface area contributed by atoms with Crippen LogP contribution in [0.3, 0.4) is 0 Å². The van der Waals surface area contributed by atoms with Crippen LogP contribution in [0, 0.1) is 57.7 Å². The second-order valence-electron chi connectivity index (χ2n) is 16.4. The quantitative estimate of drug-likeness (QED) is 0.436. The first kappa shape index (κ1) is 30.7. The highest BCUT2D eigenvalue weighted by atomic mass is 16.6. The van der Waals surface area contributed by atoms with Gasteiger partial charge < -0.3 is 14.9 Å². The molecule has 4 saturated carbocycles. The number of Topliss-reactive ketones (excluding diaryl/α,β-unsaturated/α-hetero) is 2. The number of rotatable bonds is 2. The van der Waals surface area contributed by atoms with Crippen molar-refractivity contribution in [1.29, 1.82) is 0 Å². The molecule has 230 valence electrons. The molecule has 0 saturated heterocycles. The molecular formula is C34H53NO6. The lowest BCUT2D eigenvalue weighted by Gasteiger charge is -2.69. The maximum absolute atomic E-state index is 14.7. The first-order valence-electron chi connectivity index (χ1n) is 15.9. The third-order valence-electron chi connectivity index (χ3n) is 12.6. The summed E-state index contributed by atoms with van der Waals surface area (Å²) in [4.78, 5) is 42.3. The molecule has 0 aromatic rings. The van der Waals surface area contributed by atoms with Crippen LogP contribution in [0.25, 0.3) is 0 Å². The van der Waals surface area contributed by atoms with Crippen molar-refractivity contribution in [2.75, 3.05) is 0 Å². The molecule has 0 bridgehead atoms. The number of ketones is 2. The van der Waals surface area contributed by atoms with Gasteiger partial charge in [-0.15, -0.1) is 0 Å². The highest BCUT2D eigenvalue weighted by molar-refractivity contribution is 5.87. The Morgan fingerprint density at radius 3 is 2.27 bits per heavy atom. The van der Waals surface area contributed by atoms with Gasteiger partial charge in [-0.3, -0.25) is 14.5 Å². The monoisotopic (exact) mass is 571 g/mol. The van der Waals surface area contributed by atoms with Crippen LogP contribution in [0.15, 0.2) is 12.3 Å². The summed E-state index contributed by atoms with van der Waals surface area (Å²) in [6.07, 6.45) is 6.41. The third kappa shape index (κ3) is 4.54. The fourth-order valence-electron chi connectivity index (χ4n) is 10.9. The second-order valence-corrected chi connectivity index (χ2v) is 16.4. The molecule has 41 heavy (non-hydrogen) atoms. The van der Waals surface area contributed by atoms with Crippen molar-refractivity contribution in [3.8, 4) is 0 Å². The Labute approximate surface area is 246 Å². The topological polar surface area (TPSA) is 104 Å². The van der Waals surface area contributed by atoms with E-state index in [9.17, 15) is 24.6 Å². The summed E-state index contributed by atoms with van der Waals surface area (Å²) in [7, 11) is 0. The number of aliphatic hydroxyl groups excluding tert-OH is 2. The summed E-state index contributed by atoms with van der Waals surface area (Å²) in [5, 5.41) is 24.0. The van der Waals surface area contributed by atoms with E-state index in [0.29, 0.717) is 0 Å². The molecule has 7 nitrogen and oxygen atoms in total. The molecule has 10 unspecified atom stereocenters. The molecule has 5 rings (SSSR count). The zero-order valence-electron chi connectivity index (χ0n) is 26.6. The van der Waals surface area contributed by atoms with Crippen molar-refractivity contribution < 1.29 is 29.3 Å². The average molecular weight is 572 g/mol. The van der Waals surface area contributed by atoms with E-state index in [4.69, 9.17) is 4.74 Å². The fraction of sp³-hybridized carbons (Fsp3) is 0.853. The minimum Gasteiger partial charge on any atom is -0.443 e. The summed E-state index contributed by atoms with van der Waals surface area (Å²) >= 11 is 0. The van der Waals surface area contributed by atoms with Crippen molar-refractivity contribution in [2.24, 2.45) is 57.7 Å². The van der Waals surface area contributed by atoms with Crippen LogP contribution < -0.4 is 0 Å². The molecule has 1 aliphatic heterocycles. The Kier molecular flexibility index (Phi) is 7.42. The molecule has 1 amide bonds. The second kappa shape index (κ2) is 9.90. The molecule has 7 heteroatoms. The van der Waals surface area contributed by atoms with E-state index in [1.165, 1.54) is 6.92 Å². The van der Waals surface area contributed by atoms with Crippen molar-refractivity contribution >= 4 is 17.7 Å². The number of hydrogen-bond acceptors (Lipinski definition) is 6. The Morgan fingerprint density at radius 1 is 1.00 bits per heavy atom. The highest BCUT2D eigenvalue weighted by Gasteiger charge is 2.71. The first-order valence-corrected chi connectivity index (χ1v) is 15.9. The van der Waals surface area contributed by atoms with Gasteiger partial charge in [0.25, 0.3) is 0 Å². The van der Waals surface area contributed by atoms with Gasteiger partial charge in [0.1, 0.15) is 17.2 Å². The van der Waals surface area contributed by atoms with E-state index in [0.717, 1.165) is 38.5 Å². The van der Waals surface area contributed by atoms with Crippen molar-refractivity contribution in [1.82, 2.24) is 4.90 Å². The largest absolute Gasteiger partial charge is 0.443 e. The van der Waals surface area contributed by atoms with Gasteiger partial charge in [0, 0.05) is 35.4 Å². The lowest BCUT2D eigenvalue weighted by atomic mass is 9.36. The van der Waals surface area contributed by atoms with E-state index in [-0.39, 0.29) is 53.3 Å². The van der Waals surface area contributed by atoms with Crippen molar-refractivity contribution in [3.05, 3.63) is 12.3 Å². The molecule has 1 heterocycles. The summed E-state index contributed by atoms with van der Waals surface area (Å²) in [6, 6.07) is -0.0417. The van der Waals surface area contributed by atoms with Gasteiger partial charge in [-0.2, -0.15) is 0 Å². The maximum Gasteiger partial charge on any atom is 0.414 e. The lowest BCUT2D eigenvalue weighted by molar-refractivity contribution is -0.262. The molecule has 4 aliphatic carbocycles. The van der Waals surface area contributed by atoms with Crippen LogP contribution >= 0.6 is 0 Å². The number of ether oxygens (including phenoxy) is 1. The van der Waals surface area contributed by atoms with Gasteiger partial charge in [-0.05, 0) is 101 Å². The van der Waals surface area contributed by atoms with Gasteiger partial charge in [0.2, 0.25) is 0 Å². The number of hydrogen-bond donors (Lipinski definition) is 2. The van der Waals surface area contributed by atoms with Crippen LogP contribution in [0.2, 0.25) is 0 Å². The molecule has 2 N–H and O–H groups in total. The molecule has 0 aromatic heterocycles. The minimum absolute atomic E-state index is 0.00522. The third-order valence-corrected chi connectivity index (χ3v) is 12.6. The number of carbonyl (C=O) groups is 3. The predicted octanol–water partition coefficient (Wildman–Crippen LogP) is 5.77. The summed E-state index contributed by atoms with van der Waals surface area (Å²) < 4.78 is 5.76. The smallest absolute Gasteiger partial charge is 0.414 e. The van der Waals surface area contributed by atoms with Crippen molar-refractivity contribution in [2.45, 2.75) is 125 Å². The summed E-state index contributed by atoms with van der Waals surface area (Å²) in [6.45, 7) is 17.7. The Morgan fingerprint density at radius 2 is 1.66 bits per heavy atom. The Hall–Kier alpha value is -1.73.